The summed E-state index contributed by atoms with van der Waals surface area (Å²) in [5, 5.41) is 0.512. The van der Waals surface area contributed by atoms with Crippen molar-refractivity contribution in [3.8, 4) is 5.75 Å². The minimum atomic E-state index is -4.05. The Bertz CT molecular complexity index is 1450. The highest BCUT2D eigenvalue weighted by atomic mass is 28.5. The Morgan fingerprint density at radius 1 is 0.333 bits per heavy atom. The zero-order chi connectivity index (χ0) is 47.6. The normalized spacial score (nSPS) is 15.6. The molecule has 1 aromatic rings. The average molecular weight is 1070 g/mol. The van der Waals surface area contributed by atoms with Crippen molar-refractivity contribution in [3.63, 3.8) is 0 Å². The molecule has 1 aromatic carbocycles. The van der Waals surface area contributed by atoms with Gasteiger partial charge in [-0.05, 0) is 189 Å². The van der Waals surface area contributed by atoms with Crippen LogP contribution < -0.4 is 4.43 Å². The van der Waals surface area contributed by atoms with E-state index in [2.05, 4.69) is 177 Å². The third kappa shape index (κ3) is 24.9. The first-order valence-electron chi connectivity index (χ1n) is 21.2. The molecule has 12 nitrogen and oxygen atoms in total. The lowest BCUT2D eigenvalue weighted by Crippen LogP contribution is -2.64. The van der Waals surface area contributed by atoms with E-state index in [9.17, 15) is 0 Å². The first kappa shape index (κ1) is 58.8. The largest absolute Gasteiger partial charge is 0.717 e. The molecule has 0 spiro atoms. The molecule has 0 radical (unpaired) electrons. The molecule has 0 aliphatic carbocycles. The average Bonchev–Trinajstić information content (AvgIpc) is 2.82. The fourth-order valence-electron chi connectivity index (χ4n) is 5.30. The molecule has 25 heteroatoms. The van der Waals surface area contributed by atoms with Crippen LogP contribution in [0.1, 0.15) is 5.56 Å². The van der Waals surface area contributed by atoms with Crippen LogP contribution in [-0.2, 0) is 45.9 Å². The summed E-state index contributed by atoms with van der Waals surface area (Å²) in [7, 11) is -32.8. The maximum atomic E-state index is 7.50. The molecule has 0 aromatic heterocycles. The molecule has 0 amide bonds. The summed E-state index contributed by atoms with van der Waals surface area (Å²) in [6.07, 6.45) is 0. The Kier molecular flexibility index (Phi) is 20.0. The summed E-state index contributed by atoms with van der Waals surface area (Å²) in [5.41, 5.74) is 0.600. The molecule has 0 aliphatic rings. The summed E-state index contributed by atoms with van der Waals surface area (Å²) >= 11 is 0. The maximum Gasteiger partial charge on any atom is 0.717 e. The second-order valence-corrected chi connectivity index (χ2v) is 74.0. The number of hydrogen-bond donors (Lipinski definition) is 0. The van der Waals surface area contributed by atoms with E-state index in [1.807, 2.05) is 24.3 Å². The van der Waals surface area contributed by atoms with Gasteiger partial charge in [-0.3, -0.25) is 0 Å². The van der Waals surface area contributed by atoms with Crippen molar-refractivity contribution in [1.29, 1.82) is 0 Å². The van der Waals surface area contributed by atoms with Crippen LogP contribution in [0.5, 0.6) is 5.75 Å². The lowest BCUT2D eigenvalue weighted by Gasteiger charge is -2.43. The van der Waals surface area contributed by atoms with Gasteiger partial charge >= 0.3 is 27.1 Å². The van der Waals surface area contributed by atoms with E-state index in [1.165, 1.54) is 0 Å². The number of rotatable bonds is 25. The van der Waals surface area contributed by atoms with Crippen LogP contribution in [0.3, 0.4) is 0 Å². The molecule has 0 saturated heterocycles. The van der Waals surface area contributed by atoms with Gasteiger partial charge in [-0.15, -0.1) is 0 Å². The maximum absolute atomic E-state index is 7.50. The fraction of sp³-hybridized carbons (Fsp3) is 0.771. The highest BCUT2D eigenvalue weighted by Crippen LogP contribution is 2.40. The highest BCUT2D eigenvalue weighted by molar-refractivity contribution is 6.90. The lowest BCUT2D eigenvalue weighted by molar-refractivity contribution is 0.113. The first-order chi connectivity index (χ1) is 26.0. The van der Waals surface area contributed by atoms with Crippen molar-refractivity contribution in [2.45, 2.75) is 177 Å². The SMILES string of the molecule is C[Si](C)(C)O[Si](OC([SiH3])=C(O[Si](O[Si](C)(C)C)(O[Si](C)(C)C)O[Si](C)(C)C)c1ccccc1O[Si](O[Si](C)(C)C)(O[Si](C)(C)C)O[Si](C)(C)C)(O[Si](C)(C)C)O[Si](C)(C)C. The van der Waals surface area contributed by atoms with E-state index < -0.39 is 102 Å². The van der Waals surface area contributed by atoms with Gasteiger partial charge in [-0.1, -0.05) is 12.1 Å². The topological polar surface area (TPSA) is 111 Å². The monoisotopic (exact) mass is 1060 g/mol. The summed E-state index contributed by atoms with van der Waals surface area (Å²) < 4.78 is 85.8. The Morgan fingerprint density at radius 3 is 0.833 bits per heavy atom. The van der Waals surface area contributed by atoms with Crippen LogP contribution in [0.2, 0.25) is 177 Å². The molecular weight excluding hydrogens is 977 g/mol. The van der Waals surface area contributed by atoms with Crippen molar-refractivity contribution in [2.24, 2.45) is 0 Å². The summed E-state index contributed by atoms with van der Waals surface area (Å²) in [4.78, 5) is 0. The Balaban J connectivity index is 4.75. The summed E-state index contributed by atoms with van der Waals surface area (Å²) in [6.45, 7) is 57.7. The number of benzene rings is 1. The molecule has 1 rings (SSSR count). The number of para-hydroxylation sites is 1. The van der Waals surface area contributed by atoms with E-state index >= 15 is 0 Å². The number of hydrogen-bond acceptors (Lipinski definition) is 12. The predicted molar refractivity (Wildman–Crippen MR) is 283 cm³/mol. The van der Waals surface area contributed by atoms with Crippen LogP contribution in [0.15, 0.2) is 29.6 Å². The third-order valence-electron chi connectivity index (χ3n) is 6.07. The van der Waals surface area contributed by atoms with Crippen LogP contribution in [-0.4, -0.2) is 112 Å². The molecule has 0 unspecified atom stereocenters. The van der Waals surface area contributed by atoms with Crippen molar-refractivity contribution < 1.29 is 50.3 Å². The minimum absolute atomic E-state index is 0.347. The first-order valence-corrected chi connectivity index (χ1v) is 57.8. The van der Waals surface area contributed by atoms with Crippen molar-refractivity contribution in [3.05, 3.63) is 35.2 Å². The molecule has 0 heterocycles. The predicted octanol–water partition coefficient (Wildman–Crippen LogP) is 11.1. The summed E-state index contributed by atoms with van der Waals surface area (Å²) in [6, 6.07) is 7.80. The Labute approximate surface area is 383 Å². The van der Waals surface area contributed by atoms with Gasteiger partial charge in [0.05, 0.1) is 21.2 Å². The second-order valence-electron chi connectivity index (χ2n) is 24.1. The van der Waals surface area contributed by atoms with E-state index in [0.717, 1.165) is 0 Å². The van der Waals surface area contributed by atoms with Gasteiger partial charge in [0.1, 0.15) is 5.75 Å². The smallest absolute Gasteiger partial charge is 0.487 e. The Morgan fingerprint density at radius 2 is 0.567 bits per heavy atom. The van der Waals surface area contributed by atoms with Crippen molar-refractivity contribution in [1.82, 2.24) is 0 Å². The van der Waals surface area contributed by atoms with Gasteiger partial charge in [0.2, 0.25) is 0 Å². The molecule has 0 aliphatic heterocycles. The van der Waals surface area contributed by atoms with Gasteiger partial charge in [0.15, 0.2) is 80.6 Å². The Hall–Kier alpha value is 0.819. The highest BCUT2D eigenvalue weighted by Gasteiger charge is 2.60. The zero-order valence-electron chi connectivity index (χ0n) is 43.2. The molecule has 0 N–H and O–H groups in total. The van der Waals surface area contributed by atoms with Crippen LogP contribution in [0, 0.1) is 0 Å². The van der Waals surface area contributed by atoms with Gasteiger partial charge in [0.25, 0.3) is 0 Å². The van der Waals surface area contributed by atoms with Crippen molar-refractivity contribution >= 4 is 118 Å². The zero-order valence-corrected chi connectivity index (χ0v) is 57.2. The second kappa shape index (κ2) is 20.4. The molecule has 0 fully saturated rings. The van der Waals surface area contributed by atoms with Crippen LogP contribution in [0.25, 0.3) is 5.76 Å². The molecule has 0 bridgehead atoms. The summed E-state index contributed by atoms with van der Waals surface area (Å²) in [5.74, 6) is 0.850. The van der Waals surface area contributed by atoms with Crippen molar-refractivity contribution in [2.75, 3.05) is 0 Å². The lowest BCUT2D eigenvalue weighted by atomic mass is 10.2. The molecule has 0 saturated carbocycles. The molecule has 0 atom stereocenters. The van der Waals surface area contributed by atoms with Gasteiger partial charge in [-0.25, -0.2) is 0 Å². The van der Waals surface area contributed by atoms with E-state index in [-0.39, 0.29) is 0 Å². The van der Waals surface area contributed by atoms with Gasteiger partial charge < -0.3 is 50.3 Å². The molecular formula is C35H88O12Si13. The fourth-order valence-corrected chi connectivity index (χ4v) is 41.4. The van der Waals surface area contributed by atoms with Crippen LogP contribution in [0.4, 0.5) is 0 Å². The standard InChI is InChI=1S/C35H88O12Si13/c1-49(2,3)39-58(40-50(4,5)6,41-51(7,8)9)36-33-31-29-28-30-32(33)34(37-59(42-52(10,11)12,43-53(13,14)15)44-54(16,17)18)35(48)38-60(45-55(19,20)21,46-56(22,23)24)47-57(25,26)27/h28-31H,1-27,48H3. The molecule has 60 heavy (non-hydrogen) atoms. The van der Waals surface area contributed by atoms with Crippen LogP contribution >= 0.6 is 0 Å². The van der Waals surface area contributed by atoms with E-state index in [4.69, 9.17) is 50.3 Å². The van der Waals surface area contributed by atoms with Gasteiger partial charge in [-0.2, -0.15) is 0 Å². The third-order valence-corrected chi connectivity index (χ3v) is 39.7. The quantitative estimate of drug-likeness (QED) is 0.0687. The van der Waals surface area contributed by atoms with E-state index in [1.54, 1.807) is 0 Å². The van der Waals surface area contributed by atoms with Gasteiger partial charge in [0, 0.05) is 0 Å². The minimum Gasteiger partial charge on any atom is -0.487 e. The van der Waals surface area contributed by atoms with E-state index in [0.29, 0.717) is 32.7 Å². The molecule has 352 valence electrons.